The van der Waals surface area contributed by atoms with Crippen LogP contribution in [0.25, 0.3) is 0 Å². The average Bonchev–Trinajstić information content (AvgIpc) is 2.50. The molecule has 0 heterocycles. The molecule has 21 heavy (non-hydrogen) atoms. The number of rotatable bonds is 5. The lowest BCUT2D eigenvalue weighted by Gasteiger charge is -2.12. The summed E-state index contributed by atoms with van der Waals surface area (Å²) in [5, 5.41) is 3.45. The normalized spacial score (nSPS) is 12.0. The monoisotopic (exact) mass is 337 g/mol. The molecule has 1 atom stereocenters. The van der Waals surface area contributed by atoms with Gasteiger partial charge >= 0.3 is 0 Å². The molecule has 2 rings (SSSR count). The van der Waals surface area contributed by atoms with Crippen molar-refractivity contribution in [2.24, 2.45) is 0 Å². The minimum absolute atomic E-state index is 0.00754. The maximum atomic E-state index is 12.2. The molecule has 0 spiro atoms. The van der Waals surface area contributed by atoms with Crippen LogP contribution < -0.4 is 5.32 Å². The van der Waals surface area contributed by atoms with E-state index in [1.165, 1.54) is 16.7 Å². The lowest BCUT2D eigenvalue weighted by Crippen LogP contribution is -2.22. The Labute approximate surface area is 138 Å². The molecular weight excluding hydrogens is 322 g/mol. The molecule has 0 aliphatic heterocycles. The van der Waals surface area contributed by atoms with Crippen molar-refractivity contribution in [3.8, 4) is 0 Å². The third-order valence-corrected chi connectivity index (χ3v) is 4.96. The Kier molecular flexibility index (Phi) is 6.03. The van der Waals surface area contributed by atoms with Gasteiger partial charge in [-0.05, 0) is 61.7 Å². The first-order chi connectivity index (χ1) is 10.1. The lowest BCUT2D eigenvalue weighted by molar-refractivity contribution is -0.115. The zero-order valence-corrected chi connectivity index (χ0v) is 14.2. The standard InChI is InChI=1S/C16H16ClNOS2/c1-11(21-15-7-3-12(17)4-8-15)16(19)18-13-5-9-14(20-2)10-6-13/h3-11H,1-2H3,(H,18,19). The fraction of sp³-hybridized carbons (Fsp3) is 0.188. The van der Waals surface area contributed by atoms with Gasteiger partial charge in [0.05, 0.1) is 5.25 Å². The lowest BCUT2D eigenvalue weighted by atomic mass is 10.3. The van der Waals surface area contributed by atoms with E-state index in [0.717, 1.165) is 10.6 Å². The third-order valence-electron chi connectivity index (χ3n) is 2.85. The number of hydrogen-bond acceptors (Lipinski definition) is 3. The Morgan fingerprint density at radius 3 is 2.19 bits per heavy atom. The summed E-state index contributed by atoms with van der Waals surface area (Å²) < 4.78 is 0. The van der Waals surface area contributed by atoms with Crippen LogP contribution in [0.4, 0.5) is 5.69 Å². The van der Waals surface area contributed by atoms with E-state index >= 15 is 0 Å². The minimum Gasteiger partial charge on any atom is -0.325 e. The first kappa shape index (κ1) is 16.3. The van der Waals surface area contributed by atoms with Crippen molar-refractivity contribution >= 4 is 46.7 Å². The largest absolute Gasteiger partial charge is 0.325 e. The van der Waals surface area contributed by atoms with Gasteiger partial charge in [0.2, 0.25) is 5.91 Å². The quantitative estimate of drug-likeness (QED) is 0.762. The van der Waals surface area contributed by atoms with Gasteiger partial charge in [-0.2, -0.15) is 0 Å². The van der Waals surface area contributed by atoms with Gasteiger partial charge < -0.3 is 5.32 Å². The van der Waals surface area contributed by atoms with Crippen LogP contribution in [-0.2, 0) is 4.79 Å². The smallest absolute Gasteiger partial charge is 0.237 e. The van der Waals surface area contributed by atoms with Crippen LogP contribution in [0, 0.1) is 0 Å². The number of benzene rings is 2. The van der Waals surface area contributed by atoms with E-state index in [2.05, 4.69) is 5.32 Å². The maximum absolute atomic E-state index is 12.2. The highest BCUT2D eigenvalue weighted by Crippen LogP contribution is 2.26. The van der Waals surface area contributed by atoms with E-state index in [1.54, 1.807) is 11.8 Å². The predicted molar refractivity (Wildman–Crippen MR) is 93.6 cm³/mol. The maximum Gasteiger partial charge on any atom is 0.237 e. The molecule has 0 fully saturated rings. The van der Waals surface area contributed by atoms with Gasteiger partial charge in [0.25, 0.3) is 0 Å². The van der Waals surface area contributed by atoms with Crippen molar-refractivity contribution in [2.75, 3.05) is 11.6 Å². The van der Waals surface area contributed by atoms with Crippen LogP contribution in [-0.4, -0.2) is 17.4 Å². The number of carbonyl (C=O) groups is 1. The first-order valence-corrected chi connectivity index (χ1v) is 8.94. The Balaban J connectivity index is 1.93. The summed E-state index contributed by atoms with van der Waals surface area (Å²) in [6, 6.07) is 15.3. The van der Waals surface area contributed by atoms with Gasteiger partial charge in [-0.1, -0.05) is 11.6 Å². The SMILES string of the molecule is CSc1ccc(NC(=O)C(C)Sc2ccc(Cl)cc2)cc1. The van der Waals surface area contributed by atoms with Crippen molar-refractivity contribution < 1.29 is 4.79 Å². The second-order valence-electron chi connectivity index (χ2n) is 4.43. The van der Waals surface area contributed by atoms with Gasteiger partial charge in [0.15, 0.2) is 0 Å². The van der Waals surface area contributed by atoms with Crippen LogP contribution in [0.15, 0.2) is 58.3 Å². The average molecular weight is 338 g/mol. The Hall–Kier alpha value is -1.10. The Morgan fingerprint density at radius 1 is 1.05 bits per heavy atom. The van der Waals surface area contributed by atoms with Crippen molar-refractivity contribution in [2.45, 2.75) is 22.0 Å². The molecule has 0 aromatic heterocycles. The summed E-state index contributed by atoms with van der Waals surface area (Å²) >= 11 is 9.04. The molecule has 1 amide bonds. The van der Waals surface area contributed by atoms with Crippen LogP contribution in [0.5, 0.6) is 0 Å². The van der Waals surface area contributed by atoms with Gasteiger partial charge in [-0.15, -0.1) is 23.5 Å². The number of halogens is 1. The first-order valence-electron chi connectivity index (χ1n) is 6.45. The molecule has 2 nitrogen and oxygen atoms in total. The highest BCUT2D eigenvalue weighted by atomic mass is 35.5. The van der Waals surface area contributed by atoms with E-state index in [-0.39, 0.29) is 11.2 Å². The molecule has 0 saturated carbocycles. The summed E-state index contributed by atoms with van der Waals surface area (Å²) in [7, 11) is 0. The number of nitrogens with one attached hydrogen (secondary N) is 1. The van der Waals surface area contributed by atoms with E-state index in [4.69, 9.17) is 11.6 Å². The molecule has 2 aromatic rings. The van der Waals surface area contributed by atoms with Crippen molar-refractivity contribution in [3.05, 3.63) is 53.6 Å². The van der Waals surface area contributed by atoms with Crippen LogP contribution in [0.2, 0.25) is 5.02 Å². The molecule has 2 aromatic carbocycles. The van der Waals surface area contributed by atoms with Gasteiger partial charge in [0.1, 0.15) is 0 Å². The third kappa shape index (κ3) is 4.99. The van der Waals surface area contributed by atoms with Crippen molar-refractivity contribution in [1.29, 1.82) is 0 Å². The highest BCUT2D eigenvalue weighted by Gasteiger charge is 2.14. The van der Waals surface area contributed by atoms with Gasteiger partial charge in [0, 0.05) is 20.5 Å². The molecule has 5 heteroatoms. The number of amides is 1. The second kappa shape index (κ2) is 7.78. The Morgan fingerprint density at radius 2 is 1.62 bits per heavy atom. The van der Waals surface area contributed by atoms with Crippen molar-refractivity contribution in [1.82, 2.24) is 0 Å². The summed E-state index contributed by atoms with van der Waals surface area (Å²) in [5.74, 6) is -0.00754. The van der Waals surface area contributed by atoms with Crippen LogP contribution in [0.3, 0.4) is 0 Å². The van der Waals surface area contributed by atoms with E-state index in [1.807, 2.05) is 61.7 Å². The fourth-order valence-electron chi connectivity index (χ4n) is 1.69. The molecule has 110 valence electrons. The Bertz CT molecular complexity index is 599. The summed E-state index contributed by atoms with van der Waals surface area (Å²) in [4.78, 5) is 14.4. The summed E-state index contributed by atoms with van der Waals surface area (Å²) in [5.41, 5.74) is 0.821. The van der Waals surface area contributed by atoms with E-state index in [9.17, 15) is 4.79 Å². The van der Waals surface area contributed by atoms with Gasteiger partial charge in [-0.25, -0.2) is 0 Å². The minimum atomic E-state index is -0.175. The molecule has 0 aliphatic rings. The van der Waals surface area contributed by atoms with Crippen LogP contribution in [0.1, 0.15) is 6.92 Å². The number of thioether (sulfide) groups is 2. The molecular formula is C16H16ClNOS2. The highest BCUT2D eigenvalue weighted by molar-refractivity contribution is 8.00. The molecule has 0 saturated heterocycles. The molecule has 0 radical (unpaired) electrons. The van der Waals surface area contributed by atoms with Crippen molar-refractivity contribution in [3.63, 3.8) is 0 Å². The number of carbonyl (C=O) groups excluding carboxylic acids is 1. The number of hydrogen-bond donors (Lipinski definition) is 1. The number of anilines is 1. The predicted octanol–water partition coefficient (Wildman–Crippen LogP) is 5.18. The van der Waals surface area contributed by atoms with E-state index in [0.29, 0.717) is 5.02 Å². The summed E-state index contributed by atoms with van der Waals surface area (Å²) in [6.07, 6.45) is 2.03. The van der Waals surface area contributed by atoms with E-state index < -0.39 is 0 Å². The molecule has 0 bridgehead atoms. The summed E-state index contributed by atoms with van der Waals surface area (Å²) in [6.45, 7) is 1.89. The topological polar surface area (TPSA) is 29.1 Å². The fourth-order valence-corrected chi connectivity index (χ4v) is 3.09. The molecule has 1 unspecified atom stereocenters. The molecule has 0 aliphatic carbocycles. The zero-order chi connectivity index (χ0) is 15.2. The van der Waals surface area contributed by atoms with Gasteiger partial charge in [-0.3, -0.25) is 4.79 Å². The van der Waals surface area contributed by atoms with Crippen LogP contribution >= 0.6 is 35.1 Å². The zero-order valence-electron chi connectivity index (χ0n) is 11.8. The molecule has 1 N–H and O–H groups in total. The second-order valence-corrected chi connectivity index (χ2v) is 7.16.